The lowest BCUT2D eigenvalue weighted by molar-refractivity contribution is 0.830. The Morgan fingerprint density at radius 2 is 1.95 bits per heavy atom. The summed E-state index contributed by atoms with van der Waals surface area (Å²) in [5.41, 5.74) is 3.11. The zero-order valence-electron chi connectivity index (χ0n) is 12.7. The van der Waals surface area contributed by atoms with Crippen LogP contribution >= 0.6 is 15.9 Å². The van der Waals surface area contributed by atoms with E-state index in [2.05, 4.69) is 56.4 Å². The molecule has 0 amide bonds. The quantitative estimate of drug-likeness (QED) is 0.735. The number of aromatic nitrogens is 2. The number of hydrogen-bond acceptors (Lipinski definition) is 4. The number of benzene rings is 1. The highest BCUT2D eigenvalue weighted by Gasteiger charge is 2.04. The van der Waals surface area contributed by atoms with Gasteiger partial charge in [0, 0.05) is 28.5 Å². The highest BCUT2D eigenvalue weighted by molar-refractivity contribution is 9.10. The number of anilines is 3. The van der Waals surface area contributed by atoms with E-state index in [1.165, 1.54) is 12.0 Å². The van der Waals surface area contributed by atoms with Crippen molar-refractivity contribution in [1.82, 2.24) is 9.97 Å². The number of hydrogen-bond donors (Lipinski definition) is 2. The van der Waals surface area contributed by atoms with Crippen LogP contribution in [-0.4, -0.2) is 16.5 Å². The lowest BCUT2D eigenvalue weighted by atomic mass is 10.2. The molecule has 0 bridgehead atoms. The third-order valence-corrected chi connectivity index (χ3v) is 3.99. The smallest absolute Gasteiger partial charge is 0.229 e. The number of aryl methyl sites for hydroxylation is 2. The molecule has 21 heavy (non-hydrogen) atoms. The Bertz CT molecular complexity index is 613. The summed E-state index contributed by atoms with van der Waals surface area (Å²) in [5.74, 6) is 1.49. The van der Waals surface area contributed by atoms with Gasteiger partial charge in [0.05, 0.1) is 0 Å². The molecule has 2 N–H and O–H groups in total. The predicted octanol–water partition coefficient (Wildman–Crippen LogP) is 4.81. The van der Waals surface area contributed by atoms with Gasteiger partial charge in [-0.25, -0.2) is 4.98 Å². The average molecular weight is 349 g/mol. The van der Waals surface area contributed by atoms with Gasteiger partial charge in [-0.1, -0.05) is 29.3 Å². The maximum absolute atomic E-state index is 4.51. The van der Waals surface area contributed by atoms with Gasteiger partial charge in [0.2, 0.25) is 5.95 Å². The highest BCUT2D eigenvalue weighted by Crippen LogP contribution is 2.22. The second-order valence-corrected chi connectivity index (χ2v) is 5.94. The Kier molecular flexibility index (Phi) is 5.56. The third-order valence-electron chi connectivity index (χ3n) is 3.10. The molecule has 0 radical (unpaired) electrons. The summed E-state index contributed by atoms with van der Waals surface area (Å²) in [7, 11) is 0. The molecule has 4 nitrogen and oxygen atoms in total. The lowest BCUT2D eigenvalue weighted by Gasteiger charge is -2.10. The van der Waals surface area contributed by atoms with E-state index in [-0.39, 0.29) is 0 Å². The van der Waals surface area contributed by atoms with E-state index in [4.69, 9.17) is 0 Å². The summed E-state index contributed by atoms with van der Waals surface area (Å²) in [6, 6.07) is 8.06. The average Bonchev–Trinajstić information content (AvgIpc) is 2.43. The van der Waals surface area contributed by atoms with Crippen molar-refractivity contribution in [1.29, 1.82) is 0 Å². The molecular formula is C16H21BrN4. The molecule has 1 aromatic carbocycles. The van der Waals surface area contributed by atoms with Crippen LogP contribution in [0.2, 0.25) is 0 Å². The van der Waals surface area contributed by atoms with Crippen molar-refractivity contribution in [2.75, 3.05) is 17.2 Å². The van der Waals surface area contributed by atoms with Crippen molar-refractivity contribution in [3.8, 4) is 0 Å². The molecule has 2 aromatic rings. The minimum atomic E-state index is 0.621. The molecule has 0 unspecified atom stereocenters. The van der Waals surface area contributed by atoms with Gasteiger partial charge in [0.1, 0.15) is 5.82 Å². The van der Waals surface area contributed by atoms with Crippen LogP contribution in [0.5, 0.6) is 0 Å². The molecule has 0 saturated heterocycles. The Hall–Kier alpha value is -1.62. The molecule has 0 aliphatic carbocycles. The SMILES string of the molecule is CCCCNc1cc(C)nc(Nc2ccc(Br)c(C)c2)n1. The molecule has 0 aliphatic rings. The van der Waals surface area contributed by atoms with Crippen LogP contribution in [0, 0.1) is 13.8 Å². The van der Waals surface area contributed by atoms with Gasteiger partial charge in [-0.2, -0.15) is 4.98 Å². The van der Waals surface area contributed by atoms with E-state index in [1.54, 1.807) is 0 Å². The number of halogens is 1. The minimum Gasteiger partial charge on any atom is -0.370 e. The Morgan fingerprint density at radius 3 is 2.67 bits per heavy atom. The first-order valence-electron chi connectivity index (χ1n) is 7.21. The summed E-state index contributed by atoms with van der Waals surface area (Å²) in [5, 5.41) is 6.60. The molecule has 1 heterocycles. The molecule has 0 fully saturated rings. The lowest BCUT2D eigenvalue weighted by Crippen LogP contribution is -2.06. The van der Waals surface area contributed by atoms with Gasteiger partial charge >= 0.3 is 0 Å². The summed E-state index contributed by atoms with van der Waals surface area (Å²) >= 11 is 3.50. The van der Waals surface area contributed by atoms with Gasteiger partial charge in [-0.05, 0) is 44.0 Å². The monoisotopic (exact) mass is 348 g/mol. The van der Waals surface area contributed by atoms with Crippen LogP contribution in [0.4, 0.5) is 17.5 Å². The second kappa shape index (κ2) is 7.41. The molecule has 2 rings (SSSR count). The van der Waals surface area contributed by atoms with Crippen LogP contribution < -0.4 is 10.6 Å². The molecule has 0 aliphatic heterocycles. The largest absolute Gasteiger partial charge is 0.370 e. The fraction of sp³-hybridized carbons (Fsp3) is 0.375. The maximum Gasteiger partial charge on any atom is 0.229 e. The fourth-order valence-corrected chi connectivity index (χ4v) is 2.21. The summed E-state index contributed by atoms with van der Waals surface area (Å²) in [4.78, 5) is 8.94. The Labute approximate surface area is 134 Å². The Balaban J connectivity index is 2.13. The zero-order chi connectivity index (χ0) is 15.2. The molecule has 0 atom stereocenters. The molecule has 1 aromatic heterocycles. The maximum atomic E-state index is 4.51. The molecule has 112 valence electrons. The zero-order valence-corrected chi connectivity index (χ0v) is 14.3. The van der Waals surface area contributed by atoms with Crippen LogP contribution in [0.1, 0.15) is 31.0 Å². The fourth-order valence-electron chi connectivity index (χ4n) is 1.96. The molecule has 5 heteroatoms. The minimum absolute atomic E-state index is 0.621. The van der Waals surface area contributed by atoms with Crippen LogP contribution in [0.3, 0.4) is 0 Å². The van der Waals surface area contributed by atoms with E-state index >= 15 is 0 Å². The summed E-state index contributed by atoms with van der Waals surface area (Å²) < 4.78 is 1.10. The van der Waals surface area contributed by atoms with Crippen LogP contribution in [0.15, 0.2) is 28.7 Å². The van der Waals surface area contributed by atoms with Crippen molar-refractivity contribution in [3.63, 3.8) is 0 Å². The number of nitrogens with one attached hydrogen (secondary N) is 2. The molecular weight excluding hydrogens is 328 g/mol. The number of rotatable bonds is 6. The van der Waals surface area contributed by atoms with Gasteiger partial charge in [0.25, 0.3) is 0 Å². The van der Waals surface area contributed by atoms with Crippen molar-refractivity contribution >= 4 is 33.4 Å². The van der Waals surface area contributed by atoms with E-state index < -0.39 is 0 Å². The van der Waals surface area contributed by atoms with Gasteiger partial charge < -0.3 is 10.6 Å². The van der Waals surface area contributed by atoms with Crippen LogP contribution in [0.25, 0.3) is 0 Å². The van der Waals surface area contributed by atoms with E-state index in [0.717, 1.165) is 34.6 Å². The second-order valence-electron chi connectivity index (χ2n) is 5.09. The topological polar surface area (TPSA) is 49.8 Å². The first-order valence-corrected chi connectivity index (χ1v) is 8.00. The predicted molar refractivity (Wildman–Crippen MR) is 92.3 cm³/mol. The van der Waals surface area contributed by atoms with Crippen LogP contribution in [-0.2, 0) is 0 Å². The van der Waals surface area contributed by atoms with Crippen molar-refractivity contribution in [3.05, 3.63) is 40.0 Å². The van der Waals surface area contributed by atoms with Gasteiger partial charge in [-0.3, -0.25) is 0 Å². The third kappa shape index (κ3) is 4.70. The van der Waals surface area contributed by atoms with E-state index in [0.29, 0.717) is 5.95 Å². The highest BCUT2D eigenvalue weighted by atomic mass is 79.9. The molecule has 0 spiro atoms. The van der Waals surface area contributed by atoms with Crippen molar-refractivity contribution in [2.45, 2.75) is 33.6 Å². The number of nitrogens with zero attached hydrogens (tertiary/aromatic N) is 2. The molecule has 0 saturated carbocycles. The summed E-state index contributed by atoms with van der Waals surface area (Å²) in [6.45, 7) is 7.15. The van der Waals surface area contributed by atoms with E-state index in [9.17, 15) is 0 Å². The normalized spacial score (nSPS) is 10.5. The first kappa shape index (κ1) is 15.8. The first-order chi connectivity index (χ1) is 10.1. The Morgan fingerprint density at radius 1 is 1.14 bits per heavy atom. The van der Waals surface area contributed by atoms with Gasteiger partial charge in [0.15, 0.2) is 0 Å². The van der Waals surface area contributed by atoms with E-state index in [1.807, 2.05) is 25.1 Å². The number of unbranched alkanes of at least 4 members (excludes halogenated alkanes) is 1. The van der Waals surface area contributed by atoms with Gasteiger partial charge in [-0.15, -0.1) is 0 Å². The van der Waals surface area contributed by atoms with Crippen molar-refractivity contribution < 1.29 is 0 Å². The summed E-state index contributed by atoms with van der Waals surface area (Å²) in [6.07, 6.45) is 2.30. The standard InChI is InChI=1S/C16H21BrN4/c1-4-5-8-18-15-10-12(3)19-16(21-15)20-13-6-7-14(17)11(2)9-13/h6-7,9-10H,4-5,8H2,1-3H3,(H2,18,19,20,21). The van der Waals surface area contributed by atoms with Crippen molar-refractivity contribution in [2.24, 2.45) is 0 Å².